The quantitative estimate of drug-likeness (QED) is 0.724. The highest BCUT2D eigenvalue weighted by atomic mass is 16.3. The molecule has 0 atom stereocenters. The van der Waals surface area contributed by atoms with Crippen molar-refractivity contribution in [3.63, 3.8) is 0 Å². The first-order chi connectivity index (χ1) is 8.72. The summed E-state index contributed by atoms with van der Waals surface area (Å²) < 4.78 is 0. The number of aliphatic hydroxyl groups excluding tert-OH is 2. The topological polar surface area (TPSA) is 72.4 Å². The van der Waals surface area contributed by atoms with E-state index in [0.717, 1.165) is 17.8 Å². The molecule has 0 spiro atoms. The van der Waals surface area contributed by atoms with Crippen LogP contribution in [0.3, 0.4) is 0 Å². The van der Waals surface area contributed by atoms with Crippen LogP contribution in [0.25, 0.3) is 0 Å². The smallest absolute Gasteiger partial charge is 0.0535 e. The second kappa shape index (κ2) is 6.03. The molecule has 1 rings (SSSR count). The van der Waals surface area contributed by atoms with Gasteiger partial charge >= 0.3 is 0 Å². The Morgan fingerprint density at radius 1 is 1.21 bits per heavy atom. The Bertz CT molecular complexity index is 392. The molecule has 1 aromatic heterocycles. The van der Waals surface area contributed by atoms with Crippen molar-refractivity contribution < 1.29 is 10.2 Å². The van der Waals surface area contributed by atoms with Crippen LogP contribution < -0.4 is 0 Å². The van der Waals surface area contributed by atoms with E-state index in [1.807, 2.05) is 20.2 Å². The van der Waals surface area contributed by atoms with Gasteiger partial charge in [-0.05, 0) is 7.05 Å². The lowest BCUT2D eigenvalue weighted by molar-refractivity contribution is 0.0401. The fourth-order valence-electron chi connectivity index (χ4n) is 2.23. The largest absolute Gasteiger partial charge is 0.396 e. The normalized spacial score (nSPS) is 13.3. The van der Waals surface area contributed by atoms with Crippen LogP contribution in [-0.4, -0.2) is 52.1 Å². The summed E-state index contributed by atoms with van der Waals surface area (Å²) in [7, 11) is 1.99. The van der Waals surface area contributed by atoms with Crippen LogP contribution in [0.5, 0.6) is 0 Å². The van der Waals surface area contributed by atoms with E-state index in [9.17, 15) is 10.2 Å². The van der Waals surface area contributed by atoms with Crippen molar-refractivity contribution in [2.24, 2.45) is 5.41 Å². The van der Waals surface area contributed by atoms with Crippen LogP contribution in [0, 0.1) is 5.41 Å². The maximum atomic E-state index is 9.34. The lowest BCUT2D eigenvalue weighted by Gasteiger charge is -2.30. The van der Waals surface area contributed by atoms with E-state index in [4.69, 9.17) is 0 Å². The van der Waals surface area contributed by atoms with Crippen molar-refractivity contribution >= 4 is 0 Å². The summed E-state index contributed by atoms with van der Waals surface area (Å²) in [5, 5.41) is 25.9. The van der Waals surface area contributed by atoms with E-state index in [1.54, 1.807) is 0 Å². The van der Waals surface area contributed by atoms with Crippen molar-refractivity contribution in [2.45, 2.75) is 39.7 Å². The van der Waals surface area contributed by atoms with Crippen molar-refractivity contribution in [1.29, 1.82) is 0 Å². The molecule has 0 saturated heterocycles. The molecule has 0 aromatic carbocycles. The maximum absolute atomic E-state index is 9.34. The van der Waals surface area contributed by atoms with Gasteiger partial charge in [-0.3, -0.25) is 5.10 Å². The predicted molar refractivity (Wildman–Crippen MR) is 75.9 cm³/mol. The van der Waals surface area contributed by atoms with Gasteiger partial charge in [-0.25, -0.2) is 0 Å². The number of hydrogen-bond acceptors (Lipinski definition) is 4. The fraction of sp³-hybridized carbons (Fsp3) is 0.786. The molecule has 0 unspecified atom stereocenters. The summed E-state index contributed by atoms with van der Waals surface area (Å²) in [5.41, 5.74) is 1.85. The number of aromatic amines is 1. The third kappa shape index (κ3) is 4.30. The predicted octanol–water partition coefficient (Wildman–Crippen LogP) is 1.13. The first kappa shape index (κ1) is 16.1. The van der Waals surface area contributed by atoms with Crippen molar-refractivity contribution in [3.8, 4) is 0 Å². The van der Waals surface area contributed by atoms with E-state index < -0.39 is 5.41 Å². The van der Waals surface area contributed by atoms with Gasteiger partial charge in [-0.2, -0.15) is 5.10 Å². The van der Waals surface area contributed by atoms with Gasteiger partial charge in [0.05, 0.1) is 19.4 Å². The van der Waals surface area contributed by atoms with Gasteiger partial charge in [0, 0.05) is 35.2 Å². The number of aliphatic hydroxyl groups is 2. The van der Waals surface area contributed by atoms with Gasteiger partial charge in [0.1, 0.15) is 0 Å². The van der Waals surface area contributed by atoms with Crippen LogP contribution in [-0.2, 0) is 12.0 Å². The minimum atomic E-state index is -0.472. The zero-order valence-corrected chi connectivity index (χ0v) is 12.7. The van der Waals surface area contributed by atoms with Gasteiger partial charge in [0.2, 0.25) is 0 Å². The third-order valence-electron chi connectivity index (χ3n) is 3.32. The molecule has 0 aliphatic carbocycles. The highest BCUT2D eigenvalue weighted by Gasteiger charge is 2.26. The van der Waals surface area contributed by atoms with E-state index in [2.05, 4.69) is 35.9 Å². The minimum absolute atomic E-state index is 0.0225. The number of nitrogens with zero attached hydrogens (tertiary/aromatic N) is 2. The summed E-state index contributed by atoms with van der Waals surface area (Å²) in [6, 6.07) is 0. The zero-order chi connectivity index (χ0) is 14.7. The first-order valence-electron chi connectivity index (χ1n) is 6.65. The molecule has 1 heterocycles. The van der Waals surface area contributed by atoms with Gasteiger partial charge in [-0.15, -0.1) is 0 Å². The molecule has 1 aromatic rings. The molecule has 0 fully saturated rings. The molecule has 5 heteroatoms. The molecular weight excluding hydrogens is 242 g/mol. The van der Waals surface area contributed by atoms with Gasteiger partial charge in [0.25, 0.3) is 0 Å². The van der Waals surface area contributed by atoms with Crippen molar-refractivity contribution in [3.05, 3.63) is 17.5 Å². The van der Waals surface area contributed by atoms with Gasteiger partial charge in [0.15, 0.2) is 0 Å². The molecule has 0 aliphatic rings. The summed E-state index contributed by atoms with van der Waals surface area (Å²) in [4.78, 5) is 2.10. The second-order valence-corrected chi connectivity index (χ2v) is 6.82. The number of hydrogen-bond donors (Lipinski definition) is 3. The fourth-order valence-corrected chi connectivity index (χ4v) is 2.23. The Kier molecular flexibility index (Phi) is 5.12. The Morgan fingerprint density at radius 2 is 1.79 bits per heavy atom. The van der Waals surface area contributed by atoms with Crippen LogP contribution in [0.15, 0.2) is 6.20 Å². The zero-order valence-electron chi connectivity index (χ0n) is 12.7. The SMILES string of the molecule is CN(Cc1cn[nH]c1C(C)(C)C)CC(C)(CO)CO. The summed E-state index contributed by atoms with van der Waals surface area (Å²) in [6.45, 7) is 9.66. The molecule has 0 amide bonds. The van der Waals surface area contributed by atoms with E-state index in [0.29, 0.717) is 6.54 Å². The molecule has 5 nitrogen and oxygen atoms in total. The van der Waals surface area contributed by atoms with Crippen molar-refractivity contribution in [1.82, 2.24) is 15.1 Å². The van der Waals surface area contributed by atoms with Crippen LogP contribution >= 0.6 is 0 Å². The molecule has 19 heavy (non-hydrogen) atoms. The number of H-pyrrole nitrogens is 1. The van der Waals surface area contributed by atoms with E-state index in [-0.39, 0.29) is 18.6 Å². The Labute approximate surface area is 115 Å². The summed E-state index contributed by atoms with van der Waals surface area (Å²) >= 11 is 0. The third-order valence-corrected chi connectivity index (χ3v) is 3.32. The Balaban J connectivity index is 2.73. The number of rotatable bonds is 6. The molecule has 3 N–H and O–H groups in total. The van der Waals surface area contributed by atoms with Gasteiger partial charge in [-0.1, -0.05) is 27.7 Å². The Hall–Kier alpha value is -0.910. The van der Waals surface area contributed by atoms with Gasteiger partial charge < -0.3 is 15.1 Å². The molecule has 0 bridgehead atoms. The monoisotopic (exact) mass is 269 g/mol. The molecule has 0 radical (unpaired) electrons. The van der Waals surface area contributed by atoms with Crippen LogP contribution in [0.2, 0.25) is 0 Å². The lowest BCUT2D eigenvalue weighted by atomic mass is 9.89. The second-order valence-electron chi connectivity index (χ2n) is 6.82. The minimum Gasteiger partial charge on any atom is -0.396 e. The highest BCUT2D eigenvalue weighted by Crippen LogP contribution is 2.25. The standard InChI is InChI=1S/C14H27N3O2/c1-13(2,3)12-11(6-15-16-12)7-17(5)8-14(4,9-18)10-19/h6,18-19H,7-10H2,1-5H3,(H,15,16). The average Bonchev–Trinajstić information content (AvgIpc) is 2.76. The highest BCUT2D eigenvalue weighted by molar-refractivity contribution is 5.23. The molecule has 110 valence electrons. The van der Waals surface area contributed by atoms with Crippen LogP contribution in [0.1, 0.15) is 39.0 Å². The Morgan fingerprint density at radius 3 is 2.26 bits per heavy atom. The van der Waals surface area contributed by atoms with E-state index >= 15 is 0 Å². The summed E-state index contributed by atoms with van der Waals surface area (Å²) in [6.07, 6.45) is 1.85. The molecular formula is C14H27N3O2. The summed E-state index contributed by atoms with van der Waals surface area (Å²) in [5.74, 6) is 0. The lowest BCUT2D eigenvalue weighted by Crippen LogP contribution is -2.38. The van der Waals surface area contributed by atoms with Crippen LogP contribution in [0.4, 0.5) is 0 Å². The average molecular weight is 269 g/mol. The molecule has 0 saturated carbocycles. The molecule has 0 aliphatic heterocycles. The van der Waals surface area contributed by atoms with E-state index in [1.165, 1.54) is 0 Å². The number of aromatic nitrogens is 2. The first-order valence-corrected chi connectivity index (χ1v) is 6.65. The maximum Gasteiger partial charge on any atom is 0.0535 e. The number of nitrogens with one attached hydrogen (secondary N) is 1. The van der Waals surface area contributed by atoms with Crippen molar-refractivity contribution in [2.75, 3.05) is 26.8 Å².